The minimum absolute atomic E-state index is 0.0748. The lowest BCUT2D eigenvalue weighted by molar-refractivity contribution is -0.135. The van der Waals surface area contributed by atoms with Gasteiger partial charge in [-0.3, -0.25) is 9.59 Å². The smallest absolute Gasteiger partial charge is 0.254 e. The highest BCUT2D eigenvalue weighted by Crippen LogP contribution is 2.14. The average Bonchev–Trinajstić information content (AvgIpc) is 2.61. The van der Waals surface area contributed by atoms with E-state index in [2.05, 4.69) is 5.32 Å². The summed E-state index contributed by atoms with van der Waals surface area (Å²) >= 11 is 0. The molecule has 1 atom stereocenters. The first kappa shape index (κ1) is 15.9. The molecular weight excluding hydrogens is 297 g/mol. The first-order valence-corrected chi connectivity index (χ1v) is 8.22. The van der Waals surface area contributed by atoms with Gasteiger partial charge in [0.25, 0.3) is 5.91 Å². The minimum atomic E-state index is -0.409. The van der Waals surface area contributed by atoms with Gasteiger partial charge in [-0.15, -0.1) is 0 Å². The monoisotopic (exact) mass is 319 g/mol. The molecule has 2 aliphatic rings. The lowest BCUT2D eigenvalue weighted by Crippen LogP contribution is -2.55. The molecule has 0 bridgehead atoms. The van der Waals surface area contributed by atoms with Crippen molar-refractivity contribution in [1.82, 2.24) is 15.1 Å². The van der Waals surface area contributed by atoms with Crippen LogP contribution < -0.4 is 5.32 Å². The molecule has 2 heterocycles. The highest BCUT2D eigenvalue weighted by atomic mass is 19.1. The number of amides is 2. The lowest BCUT2D eigenvalue weighted by Gasteiger charge is -2.37. The third-order valence-corrected chi connectivity index (χ3v) is 4.56. The van der Waals surface area contributed by atoms with Gasteiger partial charge < -0.3 is 15.1 Å². The number of benzene rings is 1. The molecule has 1 aromatic rings. The topological polar surface area (TPSA) is 52.7 Å². The second kappa shape index (κ2) is 7.08. The van der Waals surface area contributed by atoms with Crippen molar-refractivity contribution in [1.29, 1.82) is 0 Å². The average molecular weight is 319 g/mol. The van der Waals surface area contributed by atoms with Crippen LogP contribution in [0.25, 0.3) is 0 Å². The Morgan fingerprint density at radius 2 is 1.83 bits per heavy atom. The molecule has 1 aromatic carbocycles. The minimum Gasteiger partial charge on any atom is -0.338 e. The van der Waals surface area contributed by atoms with E-state index < -0.39 is 5.82 Å². The molecule has 3 rings (SSSR count). The molecule has 0 spiro atoms. The van der Waals surface area contributed by atoms with E-state index in [1.807, 2.05) is 4.90 Å². The summed E-state index contributed by atoms with van der Waals surface area (Å²) in [6.45, 7) is 2.96. The Kier molecular flexibility index (Phi) is 4.91. The van der Waals surface area contributed by atoms with Crippen LogP contribution in [0.15, 0.2) is 24.3 Å². The fourth-order valence-corrected chi connectivity index (χ4v) is 3.22. The summed E-state index contributed by atoms with van der Waals surface area (Å²) < 4.78 is 13.2. The van der Waals surface area contributed by atoms with E-state index in [4.69, 9.17) is 0 Å². The third-order valence-electron chi connectivity index (χ3n) is 4.56. The Morgan fingerprint density at radius 3 is 2.48 bits per heavy atom. The van der Waals surface area contributed by atoms with Crippen LogP contribution >= 0.6 is 0 Å². The highest BCUT2D eigenvalue weighted by Gasteiger charge is 2.29. The maximum absolute atomic E-state index is 13.2. The van der Waals surface area contributed by atoms with Crippen molar-refractivity contribution in [2.75, 3.05) is 32.7 Å². The van der Waals surface area contributed by atoms with Crippen molar-refractivity contribution in [2.24, 2.45) is 0 Å². The Bertz CT molecular complexity index is 579. The van der Waals surface area contributed by atoms with E-state index in [-0.39, 0.29) is 17.9 Å². The van der Waals surface area contributed by atoms with E-state index >= 15 is 0 Å². The molecule has 23 heavy (non-hydrogen) atoms. The SMILES string of the molecule is O=C(c1cccc(F)c1)N1CCN(C(=O)C2CCCCN2)CC1. The van der Waals surface area contributed by atoms with Gasteiger partial charge in [0.05, 0.1) is 6.04 Å². The fraction of sp³-hybridized carbons (Fsp3) is 0.529. The number of nitrogens with zero attached hydrogens (tertiary/aromatic N) is 2. The van der Waals surface area contributed by atoms with Crippen molar-refractivity contribution >= 4 is 11.8 Å². The van der Waals surface area contributed by atoms with Gasteiger partial charge in [0, 0.05) is 31.7 Å². The number of piperazine rings is 1. The molecule has 1 unspecified atom stereocenters. The zero-order valence-electron chi connectivity index (χ0n) is 13.1. The largest absolute Gasteiger partial charge is 0.338 e. The summed E-state index contributed by atoms with van der Waals surface area (Å²) in [5, 5.41) is 3.27. The molecule has 2 aliphatic heterocycles. The maximum Gasteiger partial charge on any atom is 0.254 e. The van der Waals surface area contributed by atoms with Crippen LogP contribution in [0, 0.1) is 5.82 Å². The number of nitrogens with one attached hydrogen (secondary N) is 1. The van der Waals surface area contributed by atoms with Crippen LogP contribution in [0.1, 0.15) is 29.6 Å². The number of carbonyl (C=O) groups is 2. The Morgan fingerprint density at radius 1 is 1.09 bits per heavy atom. The van der Waals surface area contributed by atoms with Crippen molar-refractivity contribution < 1.29 is 14.0 Å². The van der Waals surface area contributed by atoms with Crippen LogP contribution in [0.2, 0.25) is 0 Å². The Labute approximate surface area is 135 Å². The zero-order valence-corrected chi connectivity index (χ0v) is 13.1. The normalized spacial score (nSPS) is 22.0. The molecular formula is C17H22FN3O2. The van der Waals surface area contributed by atoms with Crippen molar-refractivity contribution in [3.8, 4) is 0 Å². The van der Waals surface area contributed by atoms with Crippen LogP contribution in [0.5, 0.6) is 0 Å². The summed E-state index contributed by atoms with van der Waals surface area (Å²) in [6, 6.07) is 5.66. The molecule has 2 saturated heterocycles. The highest BCUT2D eigenvalue weighted by molar-refractivity contribution is 5.94. The molecule has 1 N–H and O–H groups in total. The van der Waals surface area contributed by atoms with Crippen LogP contribution in [0.3, 0.4) is 0 Å². The van der Waals surface area contributed by atoms with Gasteiger partial charge in [0.15, 0.2) is 0 Å². The van der Waals surface area contributed by atoms with Crippen LogP contribution in [-0.4, -0.2) is 60.4 Å². The van der Waals surface area contributed by atoms with Gasteiger partial charge >= 0.3 is 0 Å². The zero-order chi connectivity index (χ0) is 16.2. The Balaban J connectivity index is 1.55. The molecule has 0 saturated carbocycles. The van der Waals surface area contributed by atoms with Gasteiger partial charge in [-0.1, -0.05) is 12.5 Å². The first-order valence-electron chi connectivity index (χ1n) is 8.22. The Hall–Kier alpha value is -1.95. The second-order valence-corrected chi connectivity index (χ2v) is 6.13. The molecule has 2 fully saturated rings. The number of piperidine rings is 1. The molecule has 5 nitrogen and oxygen atoms in total. The van der Waals surface area contributed by atoms with Gasteiger partial charge in [0.1, 0.15) is 5.82 Å². The second-order valence-electron chi connectivity index (χ2n) is 6.13. The predicted octanol–water partition coefficient (Wildman–Crippen LogP) is 1.25. The van der Waals surface area contributed by atoms with Crippen molar-refractivity contribution in [2.45, 2.75) is 25.3 Å². The molecule has 6 heteroatoms. The quantitative estimate of drug-likeness (QED) is 0.893. The fourth-order valence-electron chi connectivity index (χ4n) is 3.22. The van der Waals surface area contributed by atoms with E-state index in [0.29, 0.717) is 31.7 Å². The molecule has 2 amide bonds. The summed E-state index contributed by atoms with van der Waals surface area (Å²) in [5.41, 5.74) is 0.360. The van der Waals surface area contributed by atoms with Gasteiger partial charge in [-0.25, -0.2) is 4.39 Å². The number of carbonyl (C=O) groups excluding carboxylic acids is 2. The van der Waals surface area contributed by atoms with E-state index in [1.54, 1.807) is 11.0 Å². The van der Waals surface area contributed by atoms with Gasteiger partial charge in [0.2, 0.25) is 5.91 Å². The summed E-state index contributed by atoms with van der Waals surface area (Å²) in [6.07, 6.45) is 3.10. The standard InChI is InChI=1S/C17H22FN3O2/c18-14-5-3-4-13(12-14)16(22)20-8-10-21(11-9-20)17(23)15-6-1-2-7-19-15/h3-5,12,15,19H,1-2,6-11H2. The van der Waals surface area contributed by atoms with Crippen LogP contribution in [-0.2, 0) is 4.79 Å². The van der Waals surface area contributed by atoms with Gasteiger partial charge in [-0.05, 0) is 37.6 Å². The summed E-state index contributed by atoms with van der Waals surface area (Å²) in [7, 11) is 0. The molecule has 124 valence electrons. The lowest BCUT2D eigenvalue weighted by atomic mass is 10.0. The number of hydrogen-bond acceptors (Lipinski definition) is 3. The van der Waals surface area contributed by atoms with Crippen molar-refractivity contribution in [3.05, 3.63) is 35.6 Å². The summed E-state index contributed by atoms with van der Waals surface area (Å²) in [4.78, 5) is 28.3. The van der Waals surface area contributed by atoms with Crippen LogP contribution in [0.4, 0.5) is 4.39 Å². The number of rotatable bonds is 2. The third kappa shape index (κ3) is 3.69. The van der Waals surface area contributed by atoms with E-state index in [0.717, 1.165) is 25.8 Å². The van der Waals surface area contributed by atoms with E-state index in [1.165, 1.54) is 18.2 Å². The molecule has 0 radical (unpaired) electrons. The maximum atomic E-state index is 13.2. The number of halogens is 1. The van der Waals surface area contributed by atoms with Crippen molar-refractivity contribution in [3.63, 3.8) is 0 Å². The van der Waals surface area contributed by atoms with E-state index in [9.17, 15) is 14.0 Å². The summed E-state index contributed by atoms with van der Waals surface area (Å²) in [5.74, 6) is -0.442. The predicted molar refractivity (Wildman–Crippen MR) is 84.5 cm³/mol. The number of hydrogen-bond donors (Lipinski definition) is 1. The first-order chi connectivity index (χ1) is 11.1. The molecule has 0 aliphatic carbocycles. The molecule has 0 aromatic heterocycles. The van der Waals surface area contributed by atoms with Gasteiger partial charge in [-0.2, -0.15) is 0 Å².